The van der Waals surface area contributed by atoms with Crippen molar-refractivity contribution in [3.05, 3.63) is 47.3 Å². The molecule has 4 N–H and O–H groups in total. The first-order valence-electron chi connectivity index (χ1n) is 12.2. The lowest BCUT2D eigenvalue weighted by atomic mass is 9.71. The molecule has 37 heavy (non-hydrogen) atoms. The average Bonchev–Trinajstić information content (AvgIpc) is 2.80. The van der Waals surface area contributed by atoms with E-state index in [4.69, 9.17) is 15.2 Å². The summed E-state index contributed by atoms with van der Waals surface area (Å²) in [6, 6.07) is 6.35. The number of halogens is 3. The summed E-state index contributed by atoms with van der Waals surface area (Å²) in [6.07, 6.45) is -0.443. The topological polar surface area (TPSA) is 119 Å². The van der Waals surface area contributed by atoms with Gasteiger partial charge in [0.1, 0.15) is 23.2 Å². The van der Waals surface area contributed by atoms with Crippen LogP contribution in [0.4, 0.5) is 24.5 Å². The smallest absolute Gasteiger partial charge is 0.433 e. The monoisotopic (exact) mass is 520 g/mol. The fourth-order valence-electron chi connectivity index (χ4n) is 4.27. The lowest BCUT2D eigenvalue weighted by Gasteiger charge is -2.40. The van der Waals surface area contributed by atoms with Gasteiger partial charge in [0, 0.05) is 36.4 Å². The number of aromatic nitrogens is 1. The first kappa shape index (κ1) is 26.9. The predicted octanol–water partition coefficient (Wildman–Crippen LogP) is 4.46. The number of carbonyl (C=O) groups is 1. The van der Waals surface area contributed by atoms with Crippen molar-refractivity contribution in [1.29, 1.82) is 0 Å². The van der Waals surface area contributed by atoms with Crippen molar-refractivity contribution in [1.82, 2.24) is 4.98 Å². The lowest BCUT2D eigenvalue weighted by molar-refractivity contribution is -0.141. The Morgan fingerprint density at radius 2 is 1.95 bits per heavy atom. The number of nitrogens with one attached hydrogen (secondary N) is 1. The summed E-state index contributed by atoms with van der Waals surface area (Å²) < 4.78 is 50.7. The molecule has 2 aromatic rings. The minimum absolute atomic E-state index is 0.0429. The van der Waals surface area contributed by atoms with Gasteiger partial charge in [-0.05, 0) is 50.8 Å². The van der Waals surface area contributed by atoms with Gasteiger partial charge in [0.15, 0.2) is 0 Å². The fourth-order valence-corrected chi connectivity index (χ4v) is 4.27. The Hall–Kier alpha value is -3.18. The molecule has 11 heteroatoms. The molecule has 1 amide bonds. The third-order valence-electron chi connectivity index (χ3n) is 6.70. The van der Waals surface area contributed by atoms with Gasteiger partial charge >= 0.3 is 6.18 Å². The summed E-state index contributed by atoms with van der Waals surface area (Å²) in [7, 11) is 0. The van der Waals surface area contributed by atoms with Crippen molar-refractivity contribution < 1.29 is 32.5 Å². The molecule has 2 heterocycles. The highest BCUT2D eigenvalue weighted by molar-refractivity contribution is 6.04. The largest absolute Gasteiger partial charge is 0.488 e. The van der Waals surface area contributed by atoms with Gasteiger partial charge in [0.25, 0.3) is 5.91 Å². The van der Waals surface area contributed by atoms with E-state index >= 15 is 0 Å². The number of amides is 1. The maximum absolute atomic E-state index is 13.1. The number of alkyl halides is 3. The molecular formula is C26H31F3N4O4. The number of hydrogen-bond donors (Lipinski definition) is 3. The number of carbonyl (C=O) groups excluding carboxylic acids is 1. The molecule has 0 bridgehead atoms. The molecule has 200 valence electrons. The van der Waals surface area contributed by atoms with Crippen molar-refractivity contribution >= 4 is 23.5 Å². The van der Waals surface area contributed by atoms with E-state index < -0.39 is 23.4 Å². The van der Waals surface area contributed by atoms with E-state index in [0.29, 0.717) is 43.1 Å². The van der Waals surface area contributed by atoms with E-state index in [9.17, 15) is 23.1 Å². The van der Waals surface area contributed by atoms with Crippen LogP contribution in [0.5, 0.6) is 5.75 Å². The zero-order valence-corrected chi connectivity index (χ0v) is 20.7. The molecule has 8 nitrogen and oxygen atoms in total. The van der Waals surface area contributed by atoms with Gasteiger partial charge in [-0.3, -0.25) is 9.79 Å². The molecule has 1 aromatic heterocycles. The minimum Gasteiger partial charge on any atom is -0.488 e. The zero-order chi connectivity index (χ0) is 26.8. The molecule has 1 aromatic carbocycles. The highest BCUT2D eigenvalue weighted by Gasteiger charge is 2.38. The van der Waals surface area contributed by atoms with Crippen LogP contribution >= 0.6 is 0 Å². The van der Waals surface area contributed by atoms with Gasteiger partial charge in [0.2, 0.25) is 0 Å². The lowest BCUT2D eigenvalue weighted by Crippen LogP contribution is -2.42. The SMILES string of the molecule is CC(C)(O)C1CC(N=Cc2cc(NC(=O)c3cccc(C(F)(F)F)n3)c(OC3CCOCC3)cc2N)C1. The summed E-state index contributed by atoms with van der Waals surface area (Å²) >= 11 is 0. The zero-order valence-electron chi connectivity index (χ0n) is 20.7. The molecule has 2 aliphatic rings. The van der Waals surface area contributed by atoms with Crippen molar-refractivity contribution in [2.24, 2.45) is 10.9 Å². The molecule has 4 rings (SSSR count). The molecule has 0 unspecified atom stereocenters. The number of ether oxygens (including phenoxy) is 2. The Balaban J connectivity index is 1.57. The summed E-state index contributed by atoms with van der Waals surface area (Å²) in [5, 5.41) is 12.8. The summed E-state index contributed by atoms with van der Waals surface area (Å²) in [4.78, 5) is 20.9. The third-order valence-corrected chi connectivity index (χ3v) is 6.70. The number of aliphatic hydroxyl groups is 1. The minimum atomic E-state index is -4.68. The summed E-state index contributed by atoms with van der Waals surface area (Å²) in [5.41, 5.74) is 5.10. The highest BCUT2D eigenvalue weighted by atomic mass is 19.4. The van der Waals surface area contributed by atoms with Gasteiger partial charge < -0.3 is 25.6 Å². The van der Waals surface area contributed by atoms with E-state index in [1.165, 1.54) is 6.07 Å². The van der Waals surface area contributed by atoms with E-state index in [0.717, 1.165) is 25.0 Å². The molecule has 1 aliphatic carbocycles. The van der Waals surface area contributed by atoms with Gasteiger partial charge in [-0.2, -0.15) is 13.2 Å². The number of benzene rings is 1. The number of hydrogen-bond acceptors (Lipinski definition) is 7. The molecule has 0 spiro atoms. The Labute approximate surface area is 213 Å². The van der Waals surface area contributed by atoms with E-state index in [1.54, 1.807) is 32.2 Å². The first-order valence-corrected chi connectivity index (χ1v) is 12.2. The quantitative estimate of drug-likeness (QED) is 0.366. The molecule has 0 atom stereocenters. The number of nitrogens with two attached hydrogens (primary N) is 1. The van der Waals surface area contributed by atoms with Crippen LogP contribution in [0.15, 0.2) is 35.3 Å². The summed E-state index contributed by atoms with van der Waals surface area (Å²) in [6.45, 7) is 4.63. The van der Waals surface area contributed by atoms with Gasteiger partial charge in [-0.25, -0.2) is 4.98 Å². The van der Waals surface area contributed by atoms with Gasteiger partial charge in [0.05, 0.1) is 30.5 Å². The maximum Gasteiger partial charge on any atom is 0.433 e. The fraction of sp³-hybridized carbons (Fsp3) is 0.500. The van der Waals surface area contributed by atoms with Crippen LogP contribution in [0.25, 0.3) is 0 Å². The second-order valence-electron chi connectivity index (χ2n) is 10.0. The van der Waals surface area contributed by atoms with Gasteiger partial charge in [-0.1, -0.05) is 6.07 Å². The van der Waals surface area contributed by atoms with Crippen molar-refractivity contribution in [2.45, 2.75) is 63.5 Å². The number of rotatable bonds is 7. The average molecular weight is 521 g/mol. The van der Waals surface area contributed by atoms with Crippen molar-refractivity contribution in [2.75, 3.05) is 24.3 Å². The van der Waals surface area contributed by atoms with Crippen LogP contribution in [0, 0.1) is 5.92 Å². The molecule has 2 fully saturated rings. The van der Waals surface area contributed by atoms with Crippen LogP contribution < -0.4 is 15.8 Å². The summed E-state index contributed by atoms with van der Waals surface area (Å²) in [5.74, 6) is -0.354. The van der Waals surface area contributed by atoms with Crippen LogP contribution in [0.2, 0.25) is 0 Å². The number of aliphatic imine (C=N–C) groups is 1. The Bertz CT molecular complexity index is 1150. The first-order chi connectivity index (χ1) is 17.4. The molecule has 1 saturated carbocycles. The van der Waals surface area contributed by atoms with E-state index in [-0.39, 0.29) is 29.4 Å². The van der Waals surface area contributed by atoms with Crippen molar-refractivity contribution in [3.8, 4) is 5.75 Å². The van der Waals surface area contributed by atoms with Crippen LogP contribution in [0.1, 0.15) is 61.3 Å². The third kappa shape index (κ3) is 6.78. The normalized spacial score (nSPS) is 21.0. The van der Waals surface area contributed by atoms with Crippen LogP contribution in [-0.4, -0.2) is 53.2 Å². The second-order valence-corrected chi connectivity index (χ2v) is 10.0. The Kier molecular flexibility index (Phi) is 7.75. The molecule has 1 saturated heterocycles. The van der Waals surface area contributed by atoms with E-state index in [1.807, 2.05) is 0 Å². The number of nitrogen functional groups attached to an aromatic ring is 1. The van der Waals surface area contributed by atoms with Gasteiger partial charge in [-0.15, -0.1) is 0 Å². The van der Waals surface area contributed by atoms with Crippen molar-refractivity contribution in [3.63, 3.8) is 0 Å². The standard InChI is InChI=1S/C26H31F3N4O4/c1-25(2,35)16-11-17(12-16)31-14-15-10-21(22(13-19(15)30)37-18-6-8-36-9-7-18)33-24(34)20-4-3-5-23(32-20)26(27,28)29/h3-5,10,13-14,16-18,35H,6-9,11-12,30H2,1-2H3,(H,33,34). The van der Waals surface area contributed by atoms with E-state index in [2.05, 4.69) is 15.3 Å². The number of nitrogens with zero attached hydrogens (tertiary/aromatic N) is 2. The van der Waals surface area contributed by atoms with Crippen LogP contribution in [0.3, 0.4) is 0 Å². The Morgan fingerprint density at radius 1 is 1.24 bits per heavy atom. The highest BCUT2D eigenvalue weighted by Crippen LogP contribution is 2.38. The molecular weight excluding hydrogens is 489 g/mol. The number of pyridine rings is 1. The number of anilines is 2. The Morgan fingerprint density at radius 3 is 2.59 bits per heavy atom. The molecule has 1 aliphatic heterocycles. The predicted molar refractivity (Wildman–Crippen MR) is 133 cm³/mol. The maximum atomic E-state index is 13.1. The van der Waals surface area contributed by atoms with Crippen LogP contribution in [-0.2, 0) is 10.9 Å². The molecule has 0 radical (unpaired) electrons. The second kappa shape index (κ2) is 10.7.